The largest absolute Gasteiger partial charge is 0.347 e. The Kier molecular flexibility index (Phi) is 7.41. The summed E-state index contributed by atoms with van der Waals surface area (Å²) in [5.74, 6) is -0.375. The molecule has 0 amide bonds. The summed E-state index contributed by atoms with van der Waals surface area (Å²) in [5.41, 5.74) is 2.31. The van der Waals surface area contributed by atoms with Crippen molar-refractivity contribution < 1.29 is 9.18 Å². The Morgan fingerprint density at radius 2 is 1.50 bits per heavy atom. The first-order valence-corrected chi connectivity index (χ1v) is 10.6. The SMILES string of the molecule is CCCCCCCCCCn1cc(C(=O)c2ccc(F)cc2)c2ccccc21. The van der Waals surface area contributed by atoms with Crippen molar-refractivity contribution in [3.8, 4) is 0 Å². The first kappa shape index (κ1) is 20.3. The molecule has 0 aliphatic heterocycles. The molecule has 0 saturated heterocycles. The van der Waals surface area contributed by atoms with Crippen LogP contribution in [0.1, 0.15) is 74.2 Å². The molecule has 0 spiro atoms. The van der Waals surface area contributed by atoms with Gasteiger partial charge in [0.2, 0.25) is 0 Å². The molecule has 2 nitrogen and oxygen atoms in total. The van der Waals surface area contributed by atoms with Crippen LogP contribution >= 0.6 is 0 Å². The van der Waals surface area contributed by atoms with Crippen LogP contribution in [-0.4, -0.2) is 10.4 Å². The third kappa shape index (κ3) is 5.09. The van der Waals surface area contributed by atoms with Crippen LogP contribution in [0.25, 0.3) is 10.9 Å². The smallest absolute Gasteiger partial charge is 0.195 e. The Bertz CT molecular complexity index is 895. The van der Waals surface area contributed by atoms with E-state index >= 15 is 0 Å². The van der Waals surface area contributed by atoms with E-state index in [-0.39, 0.29) is 11.6 Å². The molecule has 0 N–H and O–H groups in total. The fourth-order valence-corrected chi connectivity index (χ4v) is 3.79. The molecule has 3 rings (SSSR count). The summed E-state index contributed by atoms with van der Waals surface area (Å²) in [6, 6.07) is 13.8. The summed E-state index contributed by atoms with van der Waals surface area (Å²) in [6.07, 6.45) is 12.3. The van der Waals surface area contributed by atoms with Gasteiger partial charge in [0.15, 0.2) is 5.78 Å². The highest BCUT2D eigenvalue weighted by Gasteiger charge is 2.16. The van der Waals surface area contributed by atoms with E-state index in [1.807, 2.05) is 24.4 Å². The molecule has 0 fully saturated rings. The van der Waals surface area contributed by atoms with Crippen LogP contribution in [0.4, 0.5) is 4.39 Å². The van der Waals surface area contributed by atoms with Gasteiger partial charge in [-0.15, -0.1) is 0 Å². The van der Waals surface area contributed by atoms with Gasteiger partial charge in [0.1, 0.15) is 5.82 Å². The normalized spacial score (nSPS) is 11.2. The lowest BCUT2D eigenvalue weighted by Crippen LogP contribution is -2.01. The number of hydrogen-bond acceptors (Lipinski definition) is 1. The summed E-state index contributed by atoms with van der Waals surface area (Å²) in [4.78, 5) is 13.0. The van der Waals surface area contributed by atoms with Crippen LogP contribution in [0, 0.1) is 5.82 Å². The van der Waals surface area contributed by atoms with Crippen LogP contribution in [0.3, 0.4) is 0 Å². The summed E-state index contributed by atoms with van der Waals surface area (Å²) >= 11 is 0. The average Bonchev–Trinajstić information content (AvgIpc) is 3.09. The molecule has 2 aromatic carbocycles. The molecule has 3 aromatic rings. The number of hydrogen-bond donors (Lipinski definition) is 0. The van der Waals surface area contributed by atoms with E-state index in [9.17, 15) is 9.18 Å². The van der Waals surface area contributed by atoms with E-state index in [1.165, 1.54) is 57.1 Å². The van der Waals surface area contributed by atoms with Crippen LogP contribution in [0.15, 0.2) is 54.7 Å². The number of para-hydroxylation sites is 1. The van der Waals surface area contributed by atoms with Gasteiger partial charge in [-0.25, -0.2) is 4.39 Å². The first-order valence-electron chi connectivity index (χ1n) is 10.6. The summed E-state index contributed by atoms with van der Waals surface area (Å²) in [6.45, 7) is 3.17. The minimum absolute atomic E-state index is 0.0501. The van der Waals surface area contributed by atoms with E-state index in [2.05, 4.69) is 17.6 Å². The Labute approximate surface area is 167 Å². The topological polar surface area (TPSA) is 22.0 Å². The molecule has 0 radical (unpaired) electrons. The van der Waals surface area contributed by atoms with Crippen LogP contribution in [0.5, 0.6) is 0 Å². The standard InChI is InChI=1S/C25H30FNO/c1-2-3-4-5-6-7-8-11-18-27-19-23(22-12-9-10-13-24(22)27)25(28)20-14-16-21(26)17-15-20/h9-10,12-17,19H,2-8,11,18H2,1H3. The third-order valence-corrected chi connectivity index (χ3v) is 5.39. The monoisotopic (exact) mass is 379 g/mol. The molecule has 1 heterocycles. The number of ketones is 1. The third-order valence-electron chi connectivity index (χ3n) is 5.39. The molecule has 28 heavy (non-hydrogen) atoms. The van der Waals surface area contributed by atoms with Gasteiger partial charge >= 0.3 is 0 Å². The van der Waals surface area contributed by atoms with E-state index in [0.29, 0.717) is 11.1 Å². The molecule has 0 atom stereocenters. The highest BCUT2D eigenvalue weighted by atomic mass is 19.1. The second-order valence-corrected chi connectivity index (χ2v) is 7.56. The van der Waals surface area contributed by atoms with Gasteiger partial charge in [-0.1, -0.05) is 70.1 Å². The van der Waals surface area contributed by atoms with Gasteiger partial charge in [-0.3, -0.25) is 4.79 Å². The number of unbranched alkanes of at least 4 members (excludes halogenated alkanes) is 7. The number of aryl methyl sites for hydroxylation is 1. The quantitative estimate of drug-likeness (QED) is 0.256. The molecule has 0 aliphatic carbocycles. The molecular weight excluding hydrogens is 349 g/mol. The summed E-state index contributed by atoms with van der Waals surface area (Å²) < 4.78 is 15.4. The van der Waals surface area contributed by atoms with Crippen molar-refractivity contribution in [1.82, 2.24) is 4.57 Å². The van der Waals surface area contributed by atoms with Gasteiger partial charge in [0, 0.05) is 34.8 Å². The lowest BCUT2D eigenvalue weighted by Gasteiger charge is -2.05. The van der Waals surface area contributed by atoms with Crippen LogP contribution in [0.2, 0.25) is 0 Å². The van der Waals surface area contributed by atoms with E-state index in [0.717, 1.165) is 23.9 Å². The Hall–Kier alpha value is -2.42. The van der Waals surface area contributed by atoms with Crippen LogP contribution < -0.4 is 0 Å². The molecule has 3 heteroatoms. The summed E-state index contributed by atoms with van der Waals surface area (Å²) in [7, 11) is 0. The first-order chi connectivity index (χ1) is 13.7. The van der Waals surface area contributed by atoms with E-state index in [1.54, 1.807) is 12.1 Å². The molecule has 0 bridgehead atoms. The minimum Gasteiger partial charge on any atom is -0.347 e. The maximum absolute atomic E-state index is 13.2. The number of nitrogens with zero attached hydrogens (tertiary/aromatic N) is 1. The predicted octanol–water partition coefficient (Wildman–Crippen LogP) is 7.15. The number of halogens is 1. The number of carbonyl (C=O) groups is 1. The molecule has 0 unspecified atom stereocenters. The lowest BCUT2D eigenvalue weighted by atomic mass is 10.0. The molecule has 148 valence electrons. The van der Waals surface area contributed by atoms with E-state index < -0.39 is 0 Å². The second-order valence-electron chi connectivity index (χ2n) is 7.56. The van der Waals surface area contributed by atoms with Crippen molar-refractivity contribution in [2.24, 2.45) is 0 Å². The Balaban J connectivity index is 1.65. The fraction of sp³-hybridized carbons (Fsp3) is 0.400. The zero-order valence-corrected chi connectivity index (χ0v) is 16.8. The minimum atomic E-state index is -0.325. The second kappa shape index (κ2) is 10.2. The van der Waals surface area contributed by atoms with Gasteiger partial charge in [-0.05, 0) is 36.8 Å². The van der Waals surface area contributed by atoms with Crippen molar-refractivity contribution in [1.29, 1.82) is 0 Å². The maximum Gasteiger partial charge on any atom is 0.195 e. The number of rotatable bonds is 11. The molecule has 0 aliphatic rings. The van der Waals surface area contributed by atoms with Gasteiger partial charge in [-0.2, -0.15) is 0 Å². The molecular formula is C25H30FNO. The number of fused-ring (bicyclic) bond motifs is 1. The maximum atomic E-state index is 13.2. The van der Waals surface area contributed by atoms with Gasteiger partial charge in [0.25, 0.3) is 0 Å². The van der Waals surface area contributed by atoms with Gasteiger partial charge in [0.05, 0.1) is 0 Å². The van der Waals surface area contributed by atoms with Crippen molar-refractivity contribution in [3.05, 3.63) is 71.7 Å². The van der Waals surface area contributed by atoms with Crippen molar-refractivity contribution >= 4 is 16.7 Å². The molecule has 1 aromatic heterocycles. The van der Waals surface area contributed by atoms with Crippen molar-refractivity contribution in [2.45, 2.75) is 64.8 Å². The van der Waals surface area contributed by atoms with Gasteiger partial charge < -0.3 is 4.57 Å². The number of benzene rings is 2. The van der Waals surface area contributed by atoms with E-state index in [4.69, 9.17) is 0 Å². The number of aromatic nitrogens is 1. The van der Waals surface area contributed by atoms with Crippen molar-refractivity contribution in [3.63, 3.8) is 0 Å². The van der Waals surface area contributed by atoms with Crippen LogP contribution in [-0.2, 0) is 6.54 Å². The molecule has 0 saturated carbocycles. The average molecular weight is 380 g/mol. The Morgan fingerprint density at radius 1 is 0.857 bits per heavy atom. The predicted molar refractivity (Wildman–Crippen MR) is 114 cm³/mol. The lowest BCUT2D eigenvalue weighted by molar-refractivity contribution is 0.104. The Morgan fingerprint density at radius 3 is 2.21 bits per heavy atom. The number of carbonyl (C=O) groups excluding carboxylic acids is 1. The fourth-order valence-electron chi connectivity index (χ4n) is 3.79. The highest BCUT2D eigenvalue weighted by Crippen LogP contribution is 2.25. The van der Waals surface area contributed by atoms with Crippen molar-refractivity contribution in [2.75, 3.05) is 0 Å². The zero-order chi connectivity index (χ0) is 19.8. The zero-order valence-electron chi connectivity index (χ0n) is 16.8. The highest BCUT2D eigenvalue weighted by molar-refractivity contribution is 6.16. The summed E-state index contributed by atoms with van der Waals surface area (Å²) in [5, 5.41) is 0.969.